The molecule has 1 aromatic rings. The average Bonchev–Trinajstić information content (AvgIpc) is 3.01. The van der Waals surface area contributed by atoms with E-state index in [0.717, 1.165) is 31.5 Å². The topological polar surface area (TPSA) is 44.9 Å². The summed E-state index contributed by atoms with van der Waals surface area (Å²) in [5, 5.41) is 2.65. The molecule has 0 radical (unpaired) electrons. The molecule has 0 aliphatic carbocycles. The molecule has 1 N–H and O–H groups in total. The predicted octanol–water partition coefficient (Wildman–Crippen LogP) is 1.91. The van der Waals surface area contributed by atoms with Gasteiger partial charge in [0.25, 0.3) is 5.91 Å². The van der Waals surface area contributed by atoms with Gasteiger partial charge in [-0.2, -0.15) is 0 Å². The van der Waals surface area contributed by atoms with Crippen LogP contribution >= 0.6 is 11.6 Å². The highest BCUT2D eigenvalue weighted by molar-refractivity contribution is 6.30. The SMILES string of the molecule is O=C(NN1CCCC1)C1OC1c1ccc(Cl)cc1. The first-order valence-corrected chi connectivity index (χ1v) is 6.58. The van der Waals surface area contributed by atoms with Gasteiger partial charge in [0, 0.05) is 18.1 Å². The van der Waals surface area contributed by atoms with Crippen LogP contribution in [0, 0.1) is 0 Å². The molecule has 2 atom stereocenters. The van der Waals surface area contributed by atoms with E-state index >= 15 is 0 Å². The molecule has 5 heteroatoms. The van der Waals surface area contributed by atoms with Gasteiger partial charge in [0.1, 0.15) is 6.10 Å². The molecule has 2 heterocycles. The zero-order valence-electron chi connectivity index (χ0n) is 9.93. The van der Waals surface area contributed by atoms with Crippen LogP contribution in [0.2, 0.25) is 5.02 Å². The molecule has 1 amide bonds. The van der Waals surface area contributed by atoms with Gasteiger partial charge in [-0.15, -0.1) is 0 Å². The lowest BCUT2D eigenvalue weighted by atomic mass is 10.1. The summed E-state index contributed by atoms with van der Waals surface area (Å²) in [6.45, 7) is 1.87. The molecule has 4 nitrogen and oxygen atoms in total. The maximum Gasteiger partial charge on any atom is 0.266 e. The van der Waals surface area contributed by atoms with E-state index in [9.17, 15) is 4.79 Å². The van der Waals surface area contributed by atoms with Crippen molar-refractivity contribution in [1.29, 1.82) is 0 Å². The molecule has 96 valence electrons. The molecule has 3 rings (SSSR count). The minimum atomic E-state index is -0.355. The second kappa shape index (κ2) is 4.88. The van der Waals surface area contributed by atoms with E-state index in [-0.39, 0.29) is 18.1 Å². The number of benzene rings is 1. The largest absolute Gasteiger partial charge is 0.354 e. The van der Waals surface area contributed by atoms with Crippen LogP contribution in [0.4, 0.5) is 0 Å². The van der Waals surface area contributed by atoms with Crippen molar-refractivity contribution in [2.45, 2.75) is 25.0 Å². The van der Waals surface area contributed by atoms with Gasteiger partial charge >= 0.3 is 0 Å². The van der Waals surface area contributed by atoms with Crippen LogP contribution in [-0.4, -0.2) is 30.1 Å². The van der Waals surface area contributed by atoms with Crippen molar-refractivity contribution in [2.75, 3.05) is 13.1 Å². The Balaban J connectivity index is 1.56. The van der Waals surface area contributed by atoms with E-state index in [1.54, 1.807) is 0 Å². The van der Waals surface area contributed by atoms with E-state index in [4.69, 9.17) is 16.3 Å². The van der Waals surface area contributed by atoms with Crippen molar-refractivity contribution in [3.8, 4) is 0 Å². The number of rotatable bonds is 3. The van der Waals surface area contributed by atoms with Gasteiger partial charge in [0.05, 0.1) is 0 Å². The van der Waals surface area contributed by atoms with Crippen molar-refractivity contribution in [3.05, 3.63) is 34.9 Å². The molecule has 0 spiro atoms. The molecule has 18 heavy (non-hydrogen) atoms. The number of hydrogen-bond acceptors (Lipinski definition) is 3. The van der Waals surface area contributed by atoms with Crippen molar-refractivity contribution in [3.63, 3.8) is 0 Å². The summed E-state index contributed by atoms with van der Waals surface area (Å²) in [4.78, 5) is 11.9. The monoisotopic (exact) mass is 266 g/mol. The van der Waals surface area contributed by atoms with Crippen LogP contribution in [-0.2, 0) is 9.53 Å². The maximum atomic E-state index is 11.9. The van der Waals surface area contributed by atoms with Gasteiger partial charge < -0.3 is 4.74 Å². The molecular weight excluding hydrogens is 252 g/mol. The van der Waals surface area contributed by atoms with Crippen molar-refractivity contribution in [1.82, 2.24) is 10.4 Å². The Morgan fingerprint density at radius 1 is 1.28 bits per heavy atom. The number of amides is 1. The summed E-state index contributed by atoms with van der Waals surface area (Å²) in [5.74, 6) is -0.0446. The maximum absolute atomic E-state index is 11.9. The third kappa shape index (κ3) is 2.51. The molecule has 0 bridgehead atoms. The first kappa shape index (κ1) is 12.0. The second-order valence-corrected chi connectivity index (χ2v) is 5.14. The van der Waals surface area contributed by atoms with Crippen LogP contribution in [0.1, 0.15) is 24.5 Å². The Morgan fingerprint density at radius 3 is 2.61 bits per heavy atom. The van der Waals surface area contributed by atoms with E-state index in [2.05, 4.69) is 5.43 Å². The fourth-order valence-corrected chi connectivity index (χ4v) is 2.39. The van der Waals surface area contributed by atoms with Gasteiger partial charge in [-0.25, -0.2) is 5.01 Å². The van der Waals surface area contributed by atoms with E-state index in [1.807, 2.05) is 29.3 Å². The number of nitrogens with one attached hydrogen (secondary N) is 1. The second-order valence-electron chi connectivity index (χ2n) is 4.70. The Hall–Kier alpha value is -1.10. The fourth-order valence-electron chi connectivity index (χ4n) is 2.27. The number of hydrazine groups is 1. The Morgan fingerprint density at radius 2 is 1.94 bits per heavy atom. The fraction of sp³-hybridized carbons (Fsp3) is 0.462. The molecule has 2 unspecified atom stereocenters. The highest BCUT2D eigenvalue weighted by atomic mass is 35.5. The van der Waals surface area contributed by atoms with E-state index in [1.165, 1.54) is 0 Å². The third-order valence-corrected chi connectivity index (χ3v) is 3.57. The number of nitrogens with zero attached hydrogens (tertiary/aromatic N) is 1. The number of carbonyl (C=O) groups excluding carboxylic acids is 1. The highest BCUT2D eigenvalue weighted by Gasteiger charge is 2.46. The molecule has 2 aliphatic heterocycles. The lowest BCUT2D eigenvalue weighted by Crippen LogP contribution is -2.42. The van der Waals surface area contributed by atoms with Crippen molar-refractivity contribution < 1.29 is 9.53 Å². The highest BCUT2D eigenvalue weighted by Crippen LogP contribution is 2.39. The standard InChI is InChI=1S/C13H15ClN2O2/c14-10-5-3-9(4-6-10)11-12(18-11)13(17)15-16-7-1-2-8-16/h3-6,11-12H,1-2,7-8H2,(H,15,17). The Labute approximate surface area is 111 Å². The summed E-state index contributed by atoms with van der Waals surface area (Å²) < 4.78 is 5.43. The van der Waals surface area contributed by atoms with Gasteiger partial charge in [-0.05, 0) is 30.5 Å². The van der Waals surface area contributed by atoms with E-state index < -0.39 is 0 Å². The third-order valence-electron chi connectivity index (χ3n) is 3.32. The first-order chi connectivity index (χ1) is 8.74. The van der Waals surface area contributed by atoms with Crippen LogP contribution in [0.25, 0.3) is 0 Å². The van der Waals surface area contributed by atoms with Gasteiger partial charge in [-0.3, -0.25) is 10.2 Å². The van der Waals surface area contributed by atoms with Crippen LogP contribution in [0.15, 0.2) is 24.3 Å². The molecule has 1 aromatic carbocycles. The minimum Gasteiger partial charge on any atom is -0.354 e. The number of halogens is 1. The Bertz CT molecular complexity index is 443. The van der Waals surface area contributed by atoms with Crippen LogP contribution in [0.5, 0.6) is 0 Å². The molecular formula is C13H15ClN2O2. The van der Waals surface area contributed by atoms with Crippen LogP contribution in [0.3, 0.4) is 0 Å². The summed E-state index contributed by atoms with van der Waals surface area (Å²) >= 11 is 5.82. The van der Waals surface area contributed by atoms with Crippen molar-refractivity contribution in [2.24, 2.45) is 0 Å². The first-order valence-electron chi connectivity index (χ1n) is 6.20. The summed E-state index contributed by atoms with van der Waals surface area (Å²) in [6.07, 6.45) is 1.82. The number of carbonyl (C=O) groups is 1. The van der Waals surface area contributed by atoms with Crippen LogP contribution < -0.4 is 5.43 Å². The Kier molecular flexibility index (Phi) is 3.24. The quantitative estimate of drug-likeness (QED) is 0.850. The zero-order chi connectivity index (χ0) is 12.5. The summed E-state index contributed by atoms with van der Waals surface area (Å²) in [5.41, 5.74) is 3.90. The lowest BCUT2D eigenvalue weighted by Gasteiger charge is -2.14. The molecule has 2 aliphatic rings. The van der Waals surface area contributed by atoms with Gasteiger partial charge in [-0.1, -0.05) is 23.7 Å². The zero-order valence-corrected chi connectivity index (χ0v) is 10.7. The summed E-state index contributed by atoms with van der Waals surface area (Å²) in [7, 11) is 0. The lowest BCUT2D eigenvalue weighted by molar-refractivity contribution is -0.126. The van der Waals surface area contributed by atoms with E-state index in [0.29, 0.717) is 5.02 Å². The molecule has 0 saturated carbocycles. The smallest absolute Gasteiger partial charge is 0.266 e. The average molecular weight is 267 g/mol. The normalized spacial score (nSPS) is 27.2. The molecule has 2 fully saturated rings. The number of ether oxygens (including phenoxy) is 1. The van der Waals surface area contributed by atoms with Gasteiger partial charge in [0.2, 0.25) is 0 Å². The molecule has 2 saturated heterocycles. The molecule has 0 aromatic heterocycles. The number of hydrogen-bond donors (Lipinski definition) is 1. The minimum absolute atomic E-state index is 0.0446. The van der Waals surface area contributed by atoms with Crippen molar-refractivity contribution >= 4 is 17.5 Å². The predicted molar refractivity (Wildman–Crippen MR) is 68.0 cm³/mol. The van der Waals surface area contributed by atoms with Gasteiger partial charge in [0.15, 0.2) is 6.10 Å². The number of epoxide rings is 1. The summed E-state index contributed by atoms with van der Waals surface area (Å²) in [6, 6.07) is 7.42.